The molecule has 2 nitrogen and oxygen atoms in total. The van der Waals surface area contributed by atoms with E-state index in [4.69, 9.17) is 9.47 Å². The fourth-order valence-corrected chi connectivity index (χ4v) is 13.8. The fourth-order valence-electron chi connectivity index (χ4n) is 9.55. The maximum atomic E-state index is 6.53. The van der Waals surface area contributed by atoms with Gasteiger partial charge in [0.25, 0.3) is 0 Å². The molecule has 0 N–H and O–H groups in total. The van der Waals surface area contributed by atoms with E-state index in [0.29, 0.717) is 11.8 Å². The minimum atomic E-state index is -2.48. The van der Waals surface area contributed by atoms with Gasteiger partial charge >= 0.3 is 0 Å². The van der Waals surface area contributed by atoms with E-state index in [1.807, 2.05) is 14.2 Å². The van der Waals surface area contributed by atoms with Crippen LogP contribution in [0.3, 0.4) is 0 Å². The number of methoxy groups -OCH3 is 2. The minimum Gasteiger partial charge on any atom is -0.496 e. The third-order valence-electron chi connectivity index (χ3n) is 11.4. The van der Waals surface area contributed by atoms with E-state index in [9.17, 15) is 0 Å². The SMILES string of the molecule is COc1c(C(C)(C)C)cc2c(c1-c1ccccc1)C([Si](C)(C)C1=C(CC(C)C)Cc3cc(C(C)(C)C)c(OC)c(-c4ccccc4)c31)=C(CC(C)C)C2. The predicted molar refractivity (Wildman–Crippen MR) is 232 cm³/mol. The zero-order valence-corrected chi connectivity index (χ0v) is 36.2. The first-order chi connectivity index (χ1) is 24.9. The first kappa shape index (κ1) is 38.9. The highest BCUT2D eigenvalue weighted by atomic mass is 28.3. The molecule has 280 valence electrons. The number of rotatable bonds is 10. The Balaban J connectivity index is 1.76. The van der Waals surface area contributed by atoms with Gasteiger partial charge in [-0.25, -0.2) is 0 Å². The Bertz CT molecular complexity index is 1910. The lowest BCUT2D eigenvalue weighted by molar-refractivity contribution is 0.399. The summed E-state index contributed by atoms with van der Waals surface area (Å²) in [6.07, 6.45) is 4.20. The molecule has 0 heterocycles. The van der Waals surface area contributed by atoms with Gasteiger partial charge in [0, 0.05) is 22.3 Å². The Labute approximate surface area is 322 Å². The molecule has 4 aromatic carbocycles. The van der Waals surface area contributed by atoms with Crippen LogP contribution in [0.2, 0.25) is 13.1 Å². The van der Waals surface area contributed by atoms with Crippen molar-refractivity contribution in [2.75, 3.05) is 14.2 Å². The summed E-state index contributed by atoms with van der Waals surface area (Å²) in [5.41, 5.74) is 16.5. The van der Waals surface area contributed by atoms with Crippen molar-refractivity contribution in [2.24, 2.45) is 11.8 Å². The van der Waals surface area contributed by atoms with Crippen LogP contribution in [0.5, 0.6) is 11.5 Å². The molecule has 3 heteroatoms. The zero-order chi connectivity index (χ0) is 38.6. The van der Waals surface area contributed by atoms with Crippen LogP contribution < -0.4 is 9.47 Å². The van der Waals surface area contributed by atoms with Crippen molar-refractivity contribution in [3.8, 4) is 33.8 Å². The summed E-state index contributed by atoms with van der Waals surface area (Å²) in [5.74, 6) is 3.16. The monoisotopic (exact) mass is 724 g/mol. The highest BCUT2D eigenvalue weighted by molar-refractivity contribution is 7.09. The van der Waals surface area contributed by atoms with E-state index in [2.05, 4.69) is 155 Å². The molecule has 0 bridgehead atoms. The van der Waals surface area contributed by atoms with Crippen LogP contribution in [0.15, 0.2) is 83.9 Å². The number of fused-ring (bicyclic) bond motifs is 2. The third kappa shape index (κ3) is 7.11. The van der Waals surface area contributed by atoms with Crippen molar-refractivity contribution < 1.29 is 9.47 Å². The standard InChI is InChI=1S/C50H64O2Si/c1-31(2)25-37-27-35-29-39(49(5,6)7)45(51-11)41(33-21-17-15-18-22-33)43(35)47(37)53(13,14)48-38(26-32(3)4)28-36-30-40(50(8,9)10)46(52-12)42(44(36)48)34-23-19-16-20-24-34/h15-24,29-32H,25-28H2,1-14H3. The largest absolute Gasteiger partial charge is 0.496 e. The molecule has 0 fully saturated rings. The lowest BCUT2D eigenvalue weighted by Crippen LogP contribution is -2.32. The Morgan fingerprint density at radius 1 is 0.547 bits per heavy atom. The summed E-state index contributed by atoms with van der Waals surface area (Å²) in [7, 11) is 1.27. The second kappa shape index (κ2) is 14.4. The van der Waals surface area contributed by atoms with Crippen molar-refractivity contribution in [3.63, 3.8) is 0 Å². The smallest absolute Gasteiger partial charge is 0.131 e. The molecule has 53 heavy (non-hydrogen) atoms. The molecule has 2 aliphatic rings. The summed E-state index contributed by atoms with van der Waals surface area (Å²) >= 11 is 0. The van der Waals surface area contributed by atoms with Gasteiger partial charge in [-0.3, -0.25) is 0 Å². The molecule has 0 saturated heterocycles. The maximum Gasteiger partial charge on any atom is 0.131 e. The Kier molecular flexibility index (Phi) is 10.6. The second-order valence-corrected chi connectivity index (χ2v) is 23.3. The normalized spacial score (nSPS) is 14.8. The highest BCUT2D eigenvalue weighted by Gasteiger charge is 2.46. The molecule has 0 radical (unpaired) electrons. The zero-order valence-electron chi connectivity index (χ0n) is 35.2. The quantitative estimate of drug-likeness (QED) is 0.152. The number of hydrogen-bond donors (Lipinski definition) is 0. The van der Waals surface area contributed by atoms with Crippen molar-refractivity contribution in [1.82, 2.24) is 0 Å². The minimum absolute atomic E-state index is 0.0684. The molecule has 0 unspecified atom stereocenters. The number of ether oxygens (including phenoxy) is 2. The number of hydrogen-bond acceptors (Lipinski definition) is 2. The summed E-state index contributed by atoms with van der Waals surface area (Å²) in [5, 5.41) is 3.25. The van der Waals surface area contributed by atoms with E-state index in [-0.39, 0.29) is 10.8 Å². The lowest BCUT2D eigenvalue weighted by atomic mass is 9.81. The van der Waals surface area contributed by atoms with Crippen LogP contribution in [-0.4, -0.2) is 22.3 Å². The Morgan fingerprint density at radius 3 is 1.17 bits per heavy atom. The van der Waals surface area contributed by atoms with Crippen LogP contribution in [0.25, 0.3) is 32.6 Å². The van der Waals surface area contributed by atoms with Crippen molar-refractivity contribution in [1.29, 1.82) is 0 Å². The van der Waals surface area contributed by atoms with E-state index in [1.54, 1.807) is 21.5 Å². The molecule has 2 aliphatic carbocycles. The van der Waals surface area contributed by atoms with E-state index in [0.717, 1.165) is 37.2 Å². The van der Waals surface area contributed by atoms with Crippen LogP contribution in [-0.2, 0) is 23.7 Å². The van der Waals surface area contributed by atoms with Gasteiger partial charge < -0.3 is 9.47 Å². The Morgan fingerprint density at radius 2 is 0.887 bits per heavy atom. The van der Waals surface area contributed by atoms with Gasteiger partial charge in [0.15, 0.2) is 0 Å². The molecule has 0 aromatic heterocycles. The van der Waals surface area contributed by atoms with E-state index in [1.165, 1.54) is 55.6 Å². The molecule has 0 amide bonds. The molecule has 0 spiro atoms. The number of allylic oxidation sites excluding steroid dienone is 2. The first-order valence-corrected chi connectivity index (χ1v) is 22.9. The summed E-state index contributed by atoms with van der Waals surface area (Å²) in [6, 6.07) is 27.2. The van der Waals surface area contributed by atoms with Gasteiger partial charge in [-0.05, 0) is 92.1 Å². The average molecular weight is 725 g/mol. The average Bonchev–Trinajstić information content (AvgIpc) is 3.63. The van der Waals surface area contributed by atoms with Gasteiger partial charge in [0.05, 0.1) is 14.2 Å². The summed E-state index contributed by atoms with van der Waals surface area (Å²) in [4.78, 5) is 0. The lowest BCUT2D eigenvalue weighted by Gasteiger charge is -2.35. The van der Waals surface area contributed by atoms with Crippen LogP contribution in [0.4, 0.5) is 0 Å². The van der Waals surface area contributed by atoms with Crippen LogP contribution in [0.1, 0.15) is 115 Å². The molecular weight excluding hydrogens is 661 g/mol. The topological polar surface area (TPSA) is 18.5 Å². The van der Waals surface area contributed by atoms with Crippen LogP contribution >= 0.6 is 0 Å². The predicted octanol–water partition coefficient (Wildman–Crippen LogP) is 13.8. The molecular formula is C50H64O2Si. The molecule has 6 rings (SSSR count). The van der Waals surface area contributed by atoms with Gasteiger partial charge in [-0.1, -0.05) is 166 Å². The van der Waals surface area contributed by atoms with Crippen molar-refractivity contribution in [3.05, 3.63) is 117 Å². The molecule has 0 atom stereocenters. The van der Waals surface area contributed by atoms with Gasteiger partial charge in [0.2, 0.25) is 0 Å². The second-order valence-electron chi connectivity index (χ2n) is 19.1. The summed E-state index contributed by atoms with van der Waals surface area (Å²) in [6.45, 7) is 28.8. The third-order valence-corrected chi connectivity index (χ3v) is 15.2. The molecule has 4 aromatic rings. The van der Waals surface area contributed by atoms with Gasteiger partial charge in [0.1, 0.15) is 19.6 Å². The molecule has 0 aliphatic heterocycles. The van der Waals surface area contributed by atoms with Crippen molar-refractivity contribution in [2.45, 2.75) is 119 Å². The maximum absolute atomic E-state index is 6.53. The van der Waals surface area contributed by atoms with Gasteiger partial charge in [-0.15, -0.1) is 0 Å². The molecule has 0 saturated carbocycles. The highest BCUT2D eigenvalue weighted by Crippen LogP contribution is 2.58. The van der Waals surface area contributed by atoms with Gasteiger partial charge in [-0.2, -0.15) is 0 Å². The van der Waals surface area contributed by atoms with E-state index >= 15 is 0 Å². The van der Waals surface area contributed by atoms with E-state index < -0.39 is 8.07 Å². The van der Waals surface area contributed by atoms with Crippen LogP contribution in [0, 0.1) is 11.8 Å². The fraction of sp³-hybridized carbons (Fsp3) is 0.440. The Hall–Kier alpha value is -3.82. The summed E-state index contributed by atoms with van der Waals surface area (Å²) < 4.78 is 13.1. The number of benzene rings is 4. The van der Waals surface area contributed by atoms with Crippen molar-refractivity contribution >= 4 is 18.5 Å². The first-order valence-electron chi connectivity index (χ1n) is 19.9.